The molecule has 1 aliphatic heterocycles. The van der Waals surface area contributed by atoms with Crippen LogP contribution in [-0.4, -0.2) is 32.2 Å². The normalized spacial score (nSPS) is 12.0. The lowest BCUT2D eigenvalue weighted by molar-refractivity contribution is -0.0512. The summed E-state index contributed by atoms with van der Waals surface area (Å²) in [5.74, 6) is -0.265. The molecule has 0 aromatic heterocycles. The molecule has 0 bridgehead atoms. The number of ether oxygens (including phenoxy) is 4. The summed E-state index contributed by atoms with van der Waals surface area (Å²) in [4.78, 5) is 24.4. The van der Waals surface area contributed by atoms with Crippen LogP contribution >= 0.6 is 0 Å². The van der Waals surface area contributed by atoms with E-state index in [0.717, 1.165) is 0 Å². The summed E-state index contributed by atoms with van der Waals surface area (Å²) in [5, 5.41) is 2.61. The zero-order chi connectivity index (χ0) is 19.6. The van der Waals surface area contributed by atoms with Crippen LogP contribution in [0.25, 0.3) is 0 Å². The lowest BCUT2D eigenvalue weighted by Crippen LogP contribution is -2.15. The van der Waals surface area contributed by atoms with Crippen LogP contribution < -0.4 is 24.3 Å². The summed E-state index contributed by atoms with van der Waals surface area (Å²) in [5.41, 5.74) is 0.612. The fourth-order valence-electron chi connectivity index (χ4n) is 2.53. The van der Waals surface area contributed by atoms with Crippen LogP contribution in [0.2, 0.25) is 0 Å². The number of alkyl halides is 2. The van der Waals surface area contributed by atoms with Crippen LogP contribution in [0.1, 0.15) is 27.6 Å². The topological polar surface area (TPSA) is 83.1 Å². The van der Waals surface area contributed by atoms with E-state index in [-0.39, 0.29) is 40.9 Å². The number of ketones is 1. The van der Waals surface area contributed by atoms with E-state index < -0.39 is 12.5 Å². The molecule has 1 aliphatic rings. The van der Waals surface area contributed by atoms with Crippen LogP contribution in [0.5, 0.6) is 23.0 Å². The maximum Gasteiger partial charge on any atom is 0.387 e. The predicted molar refractivity (Wildman–Crippen MR) is 90.1 cm³/mol. The van der Waals surface area contributed by atoms with E-state index in [1.807, 2.05) is 0 Å². The number of hydrogen-bond donors (Lipinski definition) is 1. The number of halogens is 2. The summed E-state index contributed by atoms with van der Waals surface area (Å²) in [6.07, 6.45) is 0. The van der Waals surface area contributed by atoms with Crippen LogP contribution in [0.3, 0.4) is 0 Å². The summed E-state index contributed by atoms with van der Waals surface area (Å²) >= 11 is 0. The molecule has 0 aliphatic carbocycles. The van der Waals surface area contributed by atoms with Crippen molar-refractivity contribution in [1.29, 1.82) is 0 Å². The largest absolute Gasteiger partial charge is 0.493 e. The Bertz CT molecular complexity index is 900. The molecule has 0 radical (unpaired) electrons. The van der Waals surface area contributed by atoms with E-state index in [4.69, 9.17) is 14.2 Å². The Hall–Kier alpha value is -3.36. The SMILES string of the molecule is COc1cc(C(=O)Nc2cc3c(cc2C(C)=O)OCO3)ccc1OC(F)F. The average Bonchev–Trinajstić information content (AvgIpc) is 3.08. The molecule has 0 spiro atoms. The highest BCUT2D eigenvalue weighted by Gasteiger charge is 2.21. The van der Waals surface area contributed by atoms with Crippen molar-refractivity contribution < 1.29 is 37.3 Å². The lowest BCUT2D eigenvalue weighted by atomic mass is 10.1. The number of nitrogens with one attached hydrogen (secondary N) is 1. The first-order valence-electron chi connectivity index (χ1n) is 7.78. The zero-order valence-electron chi connectivity index (χ0n) is 14.4. The van der Waals surface area contributed by atoms with Crippen molar-refractivity contribution in [2.24, 2.45) is 0 Å². The number of rotatable bonds is 6. The molecule has 0 atom stereocenters. The Labute approximate surface area is 152 Å². The summed E-state index contributed by atoms with van der Waals surface area (Å²) in [6, 6.07) is 6.73. The van der Waals surface area contributed by atoms with Gasteiger partial charge in [-0.3, -0.25) is 9.59 Å². The molecule has 0 unspecified atom stereocenters. The molecule has 0 saturated carbocycles. The molecule has 0 fully saturated rings. The van der Waals surface area contributed by atoms with E-state index in [0.29, 0.717) is 11.5 Å². The van der Waals surface area contributed by atoms with Gasteiger partial charge in [0.1, 0.15) is 0 Å². The number of carbonyl (C=O) groups excluding carboxylic acids is 2. The van der Waals surface area contributed by atoms with E-state index in [1.165, 1.54) is 44.4 Å². The van der Waals surface area contributed by atoms with Gasteiger partial charge in [-0.1, -0.05) is 0 Å². The first kappa shape index (κ1) is 18.4. The Morgan fingerprint density at radius 2 is 1.81 bits per heavy atom. The highest BCUT2D eigenvalue weighted by Crippen LogP contribution is 2.37. The Balaban J connectivity index is 1.88. The predicted octanol–water partition coefficient (Wildman–Crippen LogP) is 3.48. The Morgan fingerprint density at radius 3 is 2.44 bits per heavy atom. The second kappa shape index (κ2) is 7.48. The van der Waals surface area contributed by atoms with Crippen molar-refractivity contribution in [1.82, 2.24) is 0 Å². The van der Waals surface area contributed by atoms with Crippen LogP contribution in [0.4, 0.5) is 14.5 Å². The second-order valence-electron chi connectivity index (χ2n) is 5.51. The number of fused-ring (bicyclic) bond motifs is 1. The van der Waals surface area contributed by atoms with Gasteiger partial charge in [0, 0.05) is 17.2 Å². The van der Waals surface area contributed by atoms with Gasteiger partial charge >= 0.3 is 6.61 Å². The van der Waals surface area contributed by atoms with Gasteiger partial charge in [0.2, 0.25) is 6.79 Å². The van der Waals surface area contributed by atoms with Crippen molar-refractivity contribution in [3.63, 3.8) is 0 Å². The zero-order valence-corrected chi connectivity index (χ0v) is 14.4. The summed E-state index contributed by atoms with van der Waals surface area (Å²) in [6.45, 7) is -1.65. The minimum absolute atomic E-state index is 0.0207. The fraction of sp³-hybridized carbons (Fsp3) is 0.222. The third-order valence-corrected chi connectivity index (χ3v) is 3.78. The highest BCUT2D eigenvalue weighted by atomic mass is 19.3. The first-order chi connectivity index (χ1) is 12.9. The molecule has 1 N–H and O–H groups in total. The Morgan fingerprint density at radius 1 is 1.11 bits per heavy atom. The van der Waals surface area contributed by atoms with Crippen molar-refractivity contribution in [2.45, 2.75) is 13.5 Å². The van der Waals surface area contributed by atoms with Gasteiger partial charge in [-0.25, -0.2) is 0 Å². The van der Waals surface area contributed by atoms with Gasteiger partial charge in [0.15, 0.2) is 28.8 Å². The van der Waals surface area contributed by atoms with Gasteiger partial charge in [0.25, 0.3) is 5.91 Å². The third-order valence-electron chi connectivity index (χ3n) is 3.78. The highest BCUT2D eigenvalue weighted by molar-refractivity contribution is 6.09. The van der Waals surface area contributed by atoms with E-state index in [2.05, 4.69) is 10.1 Å². The van der Waals surface area contributed by atoms with Gasteiger partial charge in [-0.05, 0) is 31.2 Å². The van der Waals surface area contributed by atoms with E-state index in [1.54, 1.807) is 0 Å². The van der Waals surface area contributed by atoms with Crippen LogP contribution in [0.15, 0.2) is 30.3 Å². The third kappa shape index (κ3) is 3.91. The average molecular weight is 379 g/mol. The monoisotopic (exact) mass is 379 g/mol. The molecule has 7 nitrogen and oxygen atoms in total. The minimum atomic E-state index is -3.02. The molecule has 1 heterocycles. The number of hydrogen-bond acceptors (Lipinski definition) is 6. The second-order valence-corrected chi connectivity index (χ2v) is 5.51. The van der Waals surface area contributed by atoms with Gasteiger partial charge < -0.3 is 24.3 Å². The standard InChI is InChI=1S/C18H15F2NO6/c1-9(22)11-6-15-16(26-8-25-15)7-12(11)21-17(23)10-3-4-13(27-18(19)20)14(5-10)24-2/h3-7,18H,8H2,1-2H3,(H,21,23). The maximum atomic E-state index is 12.6. The number of benzene rings is 2. The van der Waals surface area contributed by atoms with Crippen LogP contribution in [-0.2, 0) is 0 Å². The van der Waals surface area contributed by atoms with Crippen LogP contribution in [0, 0.1) is 0 Å². The molecule has 2 aromatic rings. The van der Waals surface area contributed by atoms with E-state index >= 15 is 0 Å². The molecule has 2 aromatic carbocycles. The van der Waals surface area contributed by atoms with Crippen molar-refractivity contribution >= 4 is 17.4 Å². The van der Waals surface area contributed by atoms with Gasteiger partial charge in [-0.2, -0.15) is 8.78 Å². The molecule has 27 heavy (non-hydrogen) atoms. The number of carbonyl (C=O) groups is 2. The van der Waals surface area contributed by atoms with Gasteiger partial charge in [0.05, 0.1) is 12.8 Å². The number of amides is 1. The minimum Gasteiger partial charge on any atom is -0.493 e. The molecular formula is C18H15F2NO6. The number of anilines is 1. The van der Waals surface area contributed by atoms with Gasteiger partial charge in [-0.15, -0.1) is 0 Å². The lowest BCUT2D eigenvalue weighted by Gasteiger charge is -2.13. The summed E-state index contributed by atoms with van der Waals surface area (Å²) in [7, 11) is 1.26. The molecule has 0 saturated heterocycles. The van der Waals surface area contributed by atoms with Crippen molar-refractivity contribution in [3.05, 3.63) is 41.5 Å². The maximum absolute atomic E-state index is 12.6. The number of methoxy groups -OCH3 is 1. The van der Waals surface area contributed by atoms with Crippen molar-refractivity contribution in [3.8, 4) is 23.0 Å². The molecular weight excluding hydrogens is 364 g/mol. The molecule has 3 rings (SSSR count). The fourth-order valence-corrected chi connectivity index (χ4v) is 2.53. The first-order valence-corrected chi connectivity index (χ1v) is 7.78. The number of Topliss-reactive ketones (excluding diaryl/α,β-unsaturated/α-hetero) is 1. The summed E-state index contributed by atoms with van der Waals surface area (Å²) < 4.78 is 44.6. The smallest absolute Gasteiger partial charge is 0.387 e. The molecule has 1 amide bonds. The molecule has 142 valence electrons. The Kier molecular flexibility index (Phi) is 5.11. The van der Waals surface area contributed by atoms with E-state index in [9.17, 15) is 18.4 Å². The van der Waals surface area contributed by atoms with Crippen molar-refractivity contribution in [2.75, 3.05) is 19.2 Å². The quantitative estimate of drug-likeness (QED) is 0.774. The molecule has 9 heteroatoms.